The molecule has 34 heavy (non-hydrogen) atoms. The van der Waals surface area contributed by atoms with Crippen molar-refractivity contribution in [2.75, 3.05) is 20.8 Å². The van der Waals surface area contributed by atoms with Gasteiger partial charge in [0.25, 0.3) is 17.5 Å². The minimum absolute atomic E-state index is 0.0202. The number of nitrogens with zero attached hydrogens (tertiary/aromatic N) is 1. The van der Waals surface area contributed by atoms with Gasteiger partial charge in [-0.25, -0.2) is 0 Å². The first-order chi connectivity index (χ1) is 16.2. The average Bonchev–Trinajstić information content (AvgIpc) is 3.31. The van der Waals surface area contributed by atoms with Gasteiger partial charge in [0, 0.05) is 23.2 Å². The third kappa shape index (κ3) is 2.38. The molecular weight excluding hydrogens is 442 g/mol. The summed E-state index contributed by atoms with van der Waals surface area (Å²) in [6, 6.07) is 10.8. The highest BCUT2D eigenvalue weighted by Gasteiger charge is 2.85. The highest BCUT2D eigenvalue weighted by Crippen LogP contribution is 2.67. The van der Waals surface area contributed by atoms with E-state index in [4.69, 9.17) is 14.2 Å². The van der Waals surface area contributed by atoms with Crippen LogP contribution in [0.5, 0.6) is 11.5 Å². The Kier molecular flexibility index (Phi) is 4.81. The summed E-state index contributed by atoms with van der Waals surface area (Å²) < 4.78 is 16.7. The van der Waals surface area contributed by atoms with Gasteiger partial charge in [0.05, 0.1) is 19.8 Å². The van der Waals surface area contributed by atoms with Crippen LogP contribution < -0.4 is 9.47 Å². The van der Waals surface area contributed by atoms with Crippen molar-refractivity contribution in [2.45, 2.75) is 36.9 Å². The molecule has 1 saturated heterocycles. The van der Waals surface area contributed by atoms with Crippen molar-refractivity contribution >= 4 is 17.4 Å². The van der Waals surface area contributed by atoms with Crippen molar-refractivity contribution in [1.29, 1.82) is 0 Å². The van der Waals surface area contributed by atoms with E-state index in [-0.39, 0.29) is 29.0 Å². The maximum absolute atomic E-state index is 13.4. The van der Waals surface area contributed by atoms with Crippen LogP contribution in [-0.2, 0) is 25.9 Å². The molecule has 5 rings (SSSR count). The van der Waals surface area contributed by atoms with Crippen LogP contribution in [0.4, 0.5) is 0 Å². The Balaban J connectivity index is 1.84. The number of aliphatic hydroxyl groups is 3. The number of hydrogen-bond donors (Lipinski definition) is 3. The molecule has 0 bridgehead atoms. The normalized spacial score (nSPS) is 26.4. The molecule has 0 aromatic heterocycles. The molecule has 0 radical (unpaired) electrons. The molecule has 1 amide bonds. The summed E-state index contributed by atoms with van der Waals surface area (Å²) in [6.07, 6.45) is 1.15. The van der Waals surface area contributed by atoms with Gasteiger partial charge in [-0.15, -0.1) is 0 Å². The number of carbonyl (C=O) groups is 2. The first-order valence-electron chi connectivity index (χ1n) is 11.0. The Hall–Kier alpha value is -3.40. The summed E-state index contributed by atoms with van der Waals surface area (Å²) in [4.78, 5) is 27.7. The molecule has 1 aliphatic carbocycles. The number of hydrogen-bond acceptors (Lipinski definition) is 8. The molecule has 2 heterocycles. The highest BCUT2D eigenvalue weighted by molar-refractivity contribution is 6.48. The van der Waals surface area contributed by atoms with Crippen molar-refractivity contribution in [3.8, 4) is 11.5 Å². The topological polar surface area (TPSA) is 126 Å². The van der Waals surface area contributed by atoms with Crippen molar-refractivity contribution in [3.63, 3.8) is 0 Å². The van der Waals surface area contributed by atoms with Crippen LogP contribution in [0.15, 0.2) is 48.0 Å². The zero-order valence-corrected chi connectivity index (χ0v) is 19.0. The minimum atomic E-state index is -2.80. The zero-order valence-electron chi connectivity index (χ0n) is 19.0. The second kappa shape index (κ2) is 7.30. The van der Waals surface area contributed by atoms with Crippen molar-refractivity contribution in [2.24, 2.45) is 0 Å². The van der Waals surface area contributed by atoms with Crippen molar-refractivity contribution in [1.82, 2.24) is 4.90 Å². The van der Waals surface area contributed by atoms with E-state index in [0.717, 1.165) is 4.90 Å². The number of unbranched alkanes of at least 4 members (excludes halogenated alkanes) is 1. The Morgan fingerprint density at radius 1 is 0.971 bits per heavy atom. The van der Waals surface area contributed by atoms with Gasteiger partial charge in [-0.2, -0.15) is 0 Å². The molecule has 2 aromatic rings. The minimum Gasteiger partial charge on any atom is -0.493 e. The van der Waals surface area contributed by atoms with E-state index in [1.54, 1.807) is 24.3 Å². The SMILES string of the molecule is CCCCN1C(=O)C(=O)C2=C(c3ccc(OC)c(OC)c3)O[C@@]3(O)c4ccccc4C(O)(O)[C@]213. The van der Waals surface area contributed by atoms with Crippen LogP contribution in [0, 0.1) is 0 Å². The fraction of sp³-hybridized carbons (Fsp3) is 0.360. The van der Waals surface area contributed by atoms with Gasteiger partial charge in [-0.05, 0) is 24.6 Å². The van der Waals surface area contributed by atoms with Crippen molar-refractivity contribution in [3.05, 3.63) is 64.7 Å². The third-order valence-corrected chi connectivity index (χ3v) is 6.95. The third-order valence-electron chi connectivity index (χ3n) is 6.95. The summed E-state index contributed by atoms with van der Waals surface area (Å²) in [5.74, 6) is -6.48. The monoisotopic (exact) mass is 467 g/mol. The molecule has 9 nitrogen and oxygen atoms in total. The zero-order chi connectivity index (χ0) is 24.5. The van der Waals surface area contributed by atoms with E-state index in [1.165, 1.54) is 32.4 Å². The van der Waals surface area contributed by atoms with Gasteiger partial charge in [-0.1, -0.05) is 37.6 Å². The lowest BCUT2D eigenvalue weighted by Gasteiger charge is -2.45. The molecule has 0 saturated carbocycles. The lowest BCUT2D eigenvalue weighted by molar-refractivity contribution is -0.312. The number of benzene rings is 2. The number of likely N-dealkylation sites (tertiary alicyclic amines) is 1. The molecule has 178 valence electrons. The van der Waals surface area contributed by atoms with Gasteiger partial charge in [-0.3, -0.25) is 9.59 Å². The van der Waals surface area contributed by atoms with Crippen molar-refractivity contribution < 1.29 is 39.1 Å². The Labute approximate surface area is 195 Å². The lowest BCUT2D eigenvalue weighted by atomic mass is 9.78. The van der Waals surface area contributed by atoms with Gasteiger partial charge in [0.1, 0.15) is 5.76 Å². The summed E-state index contributed by atoms with van der Waals surface area (Å²) in [6.45, 7) is 1.92. The molecule has 3 aliphatic rings. The highest BCUT2D eigenvalue weighted by atomic mass is 16.6. The van der Waals surface area contributed by atoms with E-state index in [9.17, 15) is 24.9 Å². The van der Waals surface area contributed by atoms with Gasteiger partial charge in [0.15, 0.2) is 11.5 Å². The molecule has 2 aliphatic heterocycles. The molecule has 1 fully saturated rings. The quantitative estimate of drug-likeness (QED) is 0.430. The summed E-state index contributed by atoms with van der Waals surface area (Å²) >= 11 is 0. The second-order valence-electron chi connectivity index (χ2n) is 8.59. The van der Waals surface area contributed by atoms with E-state index in [2.05, 4.69) is 0 Å². The standard InChI is InChI=1S/C25H25NO8/c1-4-5-12-26-22(28)20(27)19-21(14-10-11-17(32-2)18(13-14)33-3)34-25(31)16-9-7-6-8-15(16)24(29,30)23(19,25)26/h6-11,13,29-31H,4-5,12H2,1-3H3/t23-,25-/m0/s1. The number of ketones is 1. The molecule has 1 spiro atoms. The Morgan fingerprint density at radius 2 is 1.65 bits per heavy atom. The number of methoxy groups -OCH3 is 2. The predicted octanol–water partition coefficient (Wildman–Crippen LogP) is 1.39. The summed E-state index contributed by atoms with van der Waals surface area (Å²) in [5, 5.41) is 35.2. The van der Waals surface area contributed by atoms with Crippen LogP contribution in [0.1, 0.15) is 36.5 Å². The fourth-order valence-corrected chi connectivity index (χ4v) is 5.47. The van der Waals surface area contributed by atoms with Crippen LogP contribution >= 0.6 is 0 Å². The first-order valence-corrected chi connectivity index (χ1v) is 11.0. The summed E-state index contributed by atoms with van der Waals surface area (Å²) in [7, 11) is 2.92. The van der Waals surface area contributed by atoms with Gasteiger partial charge >= 0.3 is 0 Å². The van der Waals surface area contributed by atoms with E-state index >= 15 is 0 Å². The Morgan fingerprint density at radius 3 is 2.29 bits per heavy atom. The van der Waals surface area contributed by atoms with Crippen LogP contribution in [0.25, 0.3) is 5.76 Å². The maximum atomic E-state index is 13.4. The van der Waals surface area contributed by atoms with Gasteiger partial charge < -0.3 is 34.4 Å². The maximum Gasteiger partial charge on any atom is 0.296 e. The van der Waals surface area contributed by atoms with Crippen LogP contribution in [0.3, 0.4) is 0 Å². The van der Waals surface area contributed by atoms with Crippen LogP contribution in [-0.4, -0.2) is 58.2 Å². The first kappa shape index (κ1) is 22.4. The molecule has 3 N–H and O–H groups in total. The predicted molar refractivity (Wildman–Crippen MR) is 118 cm³/mol. The van der Waals surface area contributed by atoms with E-state index in [0.29, 0.717) is 29.9 Å². The van der Waals surface area contributed by atoms with Crippen LogP contribution in [0.2, 0.25) is 0 Å². The van der Waals surface area contributed by atoms with E-state index < -0.39 is 28.8 Å². The average molecular weight is 467 g/mol. The molecule has 0 unspecified atom stereocenters. The number of amides is 1. The van der Waals surface area contributed by atoms with E-state index in [1.807, 2.05) is 6.92 Å². The summed E-state index contributed by atoms with van der Waals surface area (Å²) in [5.41, 5.74) is -2.25. The molecular formula is C25H25NO8. The fourth-order valence-electron chi connectivity index (χ4n) is 5.47. The number of ether oxygens (including phenoxy) is 3. The number of carbonyl (C=O) groups excluding carboxylic acids is 2. The lowest BCUT2D eigenvalue weighted by Crippen LogP contribution is -2.66. The number of rotatable bonds is 6. The Bertz CT molecular complexity index is 1250. The molecule has 2 aromatic carbocycles. The number of fused-ring (bicyclic) bond motifs is 2. The number of Topliss-reactive ketones (excluding diaryl/α,β-unsaturated/α-hetero) is 1. The van der Waals surface area contributed by atoms with Gasteiger partial charge in [0.2, 0.25) is 11.3 Å². The second-order valence-corrected chi connectivity index (χ2v) is 8.59. The largest absolute Gasteiger partial charge is 0.493 e. The molecule has 9 heteroatoms. The molecule has 2 atom stereocenters. The smallest absolute Gasteiger partial charge is 0.296 e.